The van der Waals surface area contributed by atoms with Crippen LogP contribution in [0.3, 0.4) is 0 Å². The Bertz CT molecular complexity index is 1090. The number of aryl methyl sites for hydroxylation is 1. The third kappa shape index (κ3) is 5.55. The van der Waals surface area contributed by atoms with Gasteiger partial charge >= 0.3 is 0 Å². The van der Waals surface area contributed by atoms with Gasteiger partial charge in [0.15, 0.2) is 0 Å². The van der Waals surface area contributed by atoms with Crippen LogP contribution in [-0.4, -0.2) is 40.2 Å². The van der Waals surface area contributed by atoms with Crippen molar-refractivity contribution in [1.82, 2.24) is 9.97 Å². The molecule has 2 aromatic heterocycles. The standard InChI is InChI=1S/C25H26N4O2/c1-18-3-2-4-19(15-18)5-6-25(31)28-23-16-20(7-11-26-23)21-8-12-27-24(17-21)29-13-9-22(30)10-14-29/h2-8,11-12,15-17,22,30H,9-10,13-14H2,1H3,(H,26,28,31)/b6-5+. The molecule has 0 unspecified atom stereocenters. The molecule has 1 amide bonds. The summed E-state index contributed by atoms with van der Waals surface area (Å²) >= 11 is 0. The summed E-state index contributed by atoms with van der Waals surface area (Å²) in [6.07, 6.45) is 8.08. The Hall–Kier alpha value is -3.51. The summed E-state index contributed by atoms with van der Waals surface area (Å²) < 4.78 is 0. The SMILES string of the molecule is Cc1cccc(/C=C/C(=O)Nc2cc(-c3ccnc(N4CCC(O)CC4)c3)ccn2)c1. The number of aliphatic hydroxyl groups is 1. The number of nitrogens with zero attached hydrogens (tertiary/aromatic N) is 3. The van der Waals surface area contributed by atoms with Gasteiger partial charge in [-0.25, -0.2) is 9.97 Å². The van der Waals surface area contributed by atoms with E-state index in [2.05, 4.69) is 20.2 Å². The van der Waals surface area contributed by atoms with Crippen LogP contribution in [0.1, 0.15) is 24.0 Å². The van der Waals surface area contributed by atoms with Gasteiger partial charge in [-0.2, -0.15) is 0 Å². The number of carbonyl (C=O) groups excluding carboxylic acids is 1. The molecule has 6 heteroatoms. The number of amides is 1. The molecule has 1 aromatic carbocycles. The molecule has 1 aliphatic heterocycles. The molecule has 1 fully saturated rings. The first-order valence-corrected chi connectivity index (χ1v) is 10.5. The van der Waals surface area contributed by atoms with Gasteiger partial charge in [0.05, 0.1) is 6.10 Å². The van der Waals surface area contributed by atoms with Crippen LogP contribution in [0.5, 0.6) is 0 Å². The Kier molecular flexibility index (Phi) is 6.38. The minimum absolute atomic E-state index is 0.217. The van der Waals surface area contributed by atoms with Crippen LogP contribution >= 0.6 is 0 Å². The normalized spacial score (nSPS) is 14.7. The summed E-state index contributed by atoms with van der Waals surface area (Å²) in [5.74, 6) is 1.16. The quantitative estimate of drug-likeness (QED) is 0.616. The van der Waals surface area contributed by atoms with E-state index in [-0.39, 0.29) is 12.0 Å². The van der Waals surface area contributed by atoms with Crippen molar-refractivity contribution in [3.8, 4) is 11.1 Å². The number of benzene rings is 1. The van der Waals surface area contributed by atoms with Crippen molar-refractivity contribution in [2.24, 2.45) is 0 Å². The summed E-state index contributed by atoms with van der Waals surface area (Å²) in [6, 6.07) is 15.7. The fourth-order valence-electron chi connectivity index (χ4n) is 3.66. The van der Waals surface area contributed by atoms with Gasteiger partial charge in [-0.1, -0.05) is 29.8 Å². The van der Waals surface area contributed by atoms with Crippen LogP contribution < -0.4 is 10.2 Å². The van der Waals surface area contributed by atoms with Crippen LogP contribution in [-0.2, 0) is 4.79 Å². The van der Waals surface area contributed by atoms with Gasteiger partial charge in [0, 0.05) is 31.6 Å². The number of carbonyl (C=O) groups is 1. The van der Waals surface area contributed by atoms with Crippen LogP contribution in [0, 0.1) is 6.92 Å². The Morgan fingerprint density at radius 3 is 2.58 bits per heavy atom. The van der Waals surface area contributed by atoms with E-state index in [0.29, 0.717) is 5.82 Å². The second-order valence-electron chi connectivity index (χ2n) is 7.79. The number of hydrogen-bond donors (Lipinski definition) is 2. The summed E-state index contributed by atoms with van der Waals surface area (Å²) in [6.45, 7) is 3.61. The van der Waals surface area contributed by atoms with Crippen LogP contribution in [0.2, 0.25) is 0 Å². The van der Waals surface area contributed by atoms with E-state index >= 15 is 0 Å². The van der Waals surface area contributed by atoms with Gasteiger partial charge in [-0.15, -0.1) is 0 Å². The maximum Gasteiger partial charge on any atom is 0.249 e. The van der Waals surface area contributed by atoms with E-state index in [1.165, 1.54) is 6.08 Å². The summed E-state index contributed by atoms with van der Waals surface area (Å²) in [5.41, 5.74) is 4.08. The first kappa shape index (κ1) is 20.8. The highest BCUT2D eigenvalue weighted by Crippen LogP contribution is 2.26. The fraction of sp³-hybridized carbons (Fsp3) is 0.240. The average Bonchev–Trinajstić information content (AvgIpc) is 2.79. The molecule has 6 nitrogen and oxygen atoms in total. The van der Waals surface area contributed by atoms with Crippen molar-refractivity contribution in [2.45, 2.75) is 25.9 Å². The number of nitrogens with one attached hydrogen (secondary N) is 1. The summed E-state index contributed by atoms with van der Waals surface area (Å²) in [7, 11) is 0. The number of hydrogen-bond acceptors (Lipinski definition) is 5. The van der Waals surface area contributed by atoms with Gasteiger partial charge in [0.25, 0.3) is 0 Å². The largest absolute Gasteiger partial charge is 0.393 e. The summed E-state index contributed by atoms with van der Waals surface area (Å²) in [5, 5.41) is 12.6. The molecule has 1 aliphatic rings. The molecule has 0 bridgehead atoms. The molecule has 0 radical (unpaired) electrons. The Morgan fingerprint density at radius 1 is 1.06 bits per heavy atom. The van der Waals surface area contributed by atoms with E-state index in [0.717, 1.165) is 54.0 Å². The molecule has 0 atom stereocenters. The van der Waals surface area contributed by atoms with E-state index < -0.39 is 0 Å². The zero-order chi connectivity index (χ0) is 21.6. The second kappa shape index (κ2) is 9.53. The molecule has 3 heterocycles. The van der Waals surface area contributed by atoms with Gasteiger partial charge in [0.2, 0.25) is 5.91 Å². The summed E-state index contributed by atoms with van der Waals surface area (Å²) in [4.78, 5) is 23.3. The minimum Gasteiger partial charge on any atom is -0.393 e. The smallest absolute Gasteiger partial charge is 0.249 e. The third-order valence-corrected chi connectivity index (χ3v) is 5.35. The number of aliphatic hydroxyl groups excluding tert-OH is 1. The van der Waals surface area contributed by atoms with Gasteiger partial charge < -0.3 is 15.3 Å². The van der Waals surface area contributed by atoms with Crippen molar-refractivity contribution in [3.63, 3.8) is 0 Å². The van der Waals surface area contributed by atoms with Crippen molar-refractivity contribution >= 4 is 23.6 Å². The van der Waals surface area contributed by atoms with Crippen molar-refractivity contribution in [2.75, 3.05) is 23.3 Å². The monoisotopic (exact) mass is 414 g/mol. The van der Waals surface area contributed by atoms with Crippen molar-refractivity contribution in [1.29, 1.82) is 0 Å². The lowest BCUT2D eigenvalue weighted by atomic mass is 10.1. The van der Waals surface area contributed by atoms with Gasteiger partial charge in [-0.3, -0.25) is 4.79 Å². The molecule has 1 saturated heterocycles. The molecule has 0 aliphatic carbocycles. The Balaban J connectivity index is 1.46. The minimum atomic E-state index is -0.228. The zero-order valence-corrected chi connectivity index (χ0v) is 17.5. The highest BCUT2D eigenvalue weighted by atomic mass is 16.3. The number of anilines is 2. The van der Waals surface area contributed by atoms with Crippen LogP contribution in [0.15, 0.2) is 67.0 Å². The Morgan fingerprint density at radius 2 is 1.81 bits per heavy atom. The van der Waals surface area contributed by atoms with Crippen LogP contribution in [0.25, 0.3) is 17.2 Å². The molecular formula is C25H26N4O2. The predicted molar refractivity (Wildman–Crippen MR) is 124 cm³/mol. The molecular weight excluding hydrogens is 388 g/mol. The highest BCUT2D eigenvalue weighted by molar-refractivity contribution is 6.01. The molecule has 3 aromatic rings. The molecule has 4 rings (SSSR count). The fourth-order valence-corrected chi connectivity index (χ4v) is 3.66. The van der Waals surface area contributed by atoms with E-state index in [1.807, 2.05) is 55.5 Å². The first-order chi connectivity index (χ1) is 15.1. The second-order valence-corrected chi connectivity index (χ2v) is 7.79. The number of piperidine rings is 1. The molecule has 31 heavy (non-hydrogen) atoms. The molecule has 0 spiro atoms. The number of rotatable bonds is 5. The first-order valence-electron chi connectivity index (χ1n) is 10.5. The van der Waals surface area contributed by atoms with Gasteiger partial charge in [-0.05, 0) is 66.8 Å². The van der Waals surface area contributed by atoms with E-state index in [1.54, 1.807) is 18.5 Å². The van der Waals surface area contributed by atoms with Crippen molar-refractivity contribution in [3.05, 3.63) is 78.1 Å². The van der Waals surface area contributed by atoms with Crippen molar-refractivity contribution < 1.29 is 9.90 Å². The lowest BCUT2D eigenvalue weighted by Gasteiger charge is -2.30. The number of pyridine rings is 2. The maximum absolute atomic E-state index is 12.3. The van der Waals surface area contributed by atoms with Gasteiger partial charge in [0.1, 0.15) is 11.6 Å². The van der Waals surface area contributed by atoms with Crippen LogP contribution in [0.4, 0.5) is 11.6 Å². The predicted octanol–water partition coefficient (Wildman–Crippen LogP) is 4.07. The number of aromatic nitrogens is 2. The topological polar surface area (TPSA) is 78.4 Å². The third-order valence-electron chi connectivity index (χ3n) is 5.35. The molecule has 0 saturated carbocycles. The highest BCUT2D eigenvalue weighted by Gasteiger charge is 2.18. The molecule has 2 N–H and O–H groups in total. The zero-order valence-electron chi connectivity index (χ0n) is 17.5. The van der Waals surface area contributed by atoms with E-state index in [4.69, 9.17) is 0 Å². The van der Waals surface area contributed by atoms with E-state index in [9.17, 15) is 9.90 Å². The lowest BCUT2D eigenvalue weighted by Crippen LogP contribution is -2.36. The average molecular weight is 415 g/mol. The lowest BCUT2D eigenvalue weighted by molar-refractivity contribution is -0.111. The molecule has 158 valence electrons. The Labute approximate surface area is 182 Å². The maximum atomic E-state index is 12.3.